The molecule has 4 atom stereocenters. The highest BCUT2D eigenvalue weighted by molar-refractivity contribution is 7.83. The normalized spacial score (nSPS) is 23.7. The number of carbonyl (C=O) groups is 1. The molecular formula is C17H35N3O2S. The van der Waals surface area contributed by atoms with Crippen LogP contribution in [0.1, 0.15) is 53.4 Å². The summed E-state index contributed by atoms with van der Waals surface area (Å²) in [4.78, 5) is 14.8. The van der Waals surface area contributed by atoms with E-state index in [4.69, 9.17) is 0 Å². The Morgan fingerprint density at radius 2 is 2.00 bits per heavy atom. The molecule has 0 radical (unpaired) electrons. The maximum atomic E-state index is 12.9. The Labute approximate surface area is 144 Å². The van der Waals surface area contributed by atoms with Crippen LogP contribution in [0.15, 0.2) is 0 Å². The number of nitrogens with one attached hydrogen (secondary N) is 1. The molecule has 0 saturated carbocycles. The van der Waals surface area contributed by atoms with Gasteiger partial charge in [0.2, 0.25) is 5.91 Å². The lowest BCUT2D eigenvalue weighted by molar-refractivity contribution is -0.127. The van der Waals surface area contributed by atoms with Gasteiger partial charge in [-0.3, -0.25) is 9.69 Å². The third kappa shape index (κ3) is 6.16. The monoisotopic (exact) mass is 345 g/mol. The van der Waals surface area contributed by atoms with Crippen molar-refractivity contribution >= 4 is 16.9 Å². The number of carbonyl (C=O) groups excluding carboxylic acids is 1. The SMILES string of the molecule is CC[C@H](C)[C@H](NC(=O)[C@H]1CCCCN1C)S(=O)N(C)CC(C)C. The number of likely N-dealkylation sites (N-methyl/N-ethyl adjacent to an activating group) is 1. The molecule has 5 nitrogen and oxygen atoms in total. The van der Waals surface area contributed by atoms with Gasteiger partial charge in [-0.25, -0.2) is 8.51 Å². The van der Waals surface area contributed by atoms with Crippen molar-refractivity contribution in [3.05, 3.63) is 0 Å². The summed E-state index contributed by atoms with van der Waals surface area (Å²) in [5.41, 5.74) is 0. The second kappa shape index (κ2) is 9.74. The van der Waals surface area contributed by atoms with E-state index in [1.165, 1.54) is 0 Å². The Morgan fingerprint density at radius 1 is 1.35 bits per heavy atom. The zero-order valence-corrected chi connectivity index (χ0v) is 16.5. The van der Waals surface area contributed by atoms with Gasteiger partial charge in [0.15, 0.2) is 0 Å². The number of hydrogen-bond donors (Lipinski definition) is 1. The van der Waals surface area contributed by atoms with Crippen molar-refractivity contribution in [3.63, 3.8) is 0 Å². The summed E-state index contributed by atoms with van der Waals surface area (Å²) < 4.78 is 14.8. The molecule has 136 valence electrons. The number of amides is 1. The van der Waals surface area contributed by atoms with Crippen molar-refractivity contribution in [2.75, 3.05) is 27.2 Å². The molecular weight excluding hydrogens is 310 g/mol. The second-order valence-electron chi connectivity index (χ2n) is 7.29. The van der Waals surface area contributed by atoms with Crippen LogP contribution >= 0.6 is 0 Å². The molecule has 0 spiro atoms. The Hall–Kier alpha value is -0.460. The van der Waals surface area contributed by atoms with Crippen LogP contribution in [0.2, 0.25) is 0 Å². The molecule has 1 heterocycles. The van der Waals surface area contributed by atoms with Crippen molar-refractivity contribution in [1.82, 2.24) is 14.5 Å². The van der Waals surface area contributed by atoms with E-state index in [0.29, 0.717) is 5.92 Å². The van der Waals surface area contributed by atoms with Crippen molar-refractivity contribution in [2.24, 2.45) is 11.8 Å². The van der Waals surface area contributed by atoms with Crippen LogP contribution in [-0.4, -0.2) is 57.9 Å². The van der Waals surface area contributed by atoms with Gasteiger partial charge >= 0.3 is 0 Å². The molecule has 1 saturated heterocycles. The highest BCUT2D eigenvalue weighted by atomic mass is 32.2. The van der Waals surface area contributed by atoms with Gasteiger partial charge in [-0.2, -0.15) is 0 Å². The largest absolute Gasteiger partial charge is 0.339 e. The van der Waals surface area contributed by atoms with Crippen LogP contribution in [0, 0.1) is 11.8 Å². The van der Waals surface area contributed by atoms with Gasteiger partial charge in [-0.1, -0.05) is 40.5 Å². The lowest BCUT2D eigenvalue weighted by Gasteiger charge is -2.34. The zero-order chi connectivity index (χ0) is 17.6. The van der Waals surface area contributed by atoms with Crippen LogP contribution in [0.3, 0.4) is 0 Å². The molecule has 1 fully saturated rings. The first-order valence-corrected chi connectivity index (χ1v) is 10.1. The van der Waals surface area contributed by atoms with E-state index >= 15 is 0 Å². The summed E-state index contributed by atoms with van der Waals surface area (Å²) in [6, 6.07) is -0.0808. The van der Waals surface area contributed by atoms with Crippen LogP contribution in [0.5, 0.6) is 0 Å². The lowest BCUT2D eigenvalue weighted by atomic mass is 10.0. The van der Waals surface area contributed by atoms with E-state index < -0.39 is 11.0 Å². The molecule has 0 aromatic carbocycles. The summed E-state index contributed by atoms with van der Waals surface area (Å²) in [5, 5.41) is 2.79. The van der Waals surface area contributed by atoms with Gasteiger partial charge in [-0.05, 0) is 45.3 Å². The molecule has 0 aromatic rings. The summed E-state index contributed by atoms with van der Waals surface area (Å²) in [5.74, 6) is 0.661. The van der Waals surface area contributed by atoms with E-state index in [9.17, 15) is 9.00 Å². The van der Waals surface area contributed by atoms with Gasteiger partial charge in [0, 0.05) is 6.54 Å². The number of nitrogens with zero attached hydrogens (tertiary/aromatic N) is 2. The first-order chi connectivity index (χ1) is 10.8. The van der Waals surface area contributed by atoms with Crippen LogP contribution in [0.25, 0.3) is 0 Å². The fourth-order valence-electron chi connectivity index (χ4n) is 3.03. The highest BCUT2D eigenvalue weighted by Gasteiger charge is 2.32. The van der Waals surface area contributed by atoms with E-state index in [2.05, 4.69) is 37.9 Å². The minimum absolute atomic E-state index is 0.0313. The van der Waals surface area contributed by atoms with Gasteiger partial charge in [0.05, 0.1) is 6.04 Å². The molecule has 1 amide bonds. The highest BCUT2D eigenvalue weighted by Crippen LogP contribution is 2.18. The number of hydrogen-bond acceptors (Lipinski definition) is 3. The van der Waals surface area contributed by atoms with Gasteiger partial charge in [0.1, 0.15) is 16.4 Å². The molecule has 23 heavy (non-hydrogen) atoms. The number of piperidine rings is 1. The van der Waals surface area contributed by atoms with Crippen molar-refractivity contribution in [3.8, 4) is 0 Å². The zero-order valence-electron chi connectivity index (χ0n) is 15.7. The fraction of sp³-hybridized carbons (Fsp3) is 0.941. The van der Waals surface area contributed by atoms with Gasteiger partial charge in [-0.15, -0.1) is 0 Å². The average Bonchev–Trinajstić information content (AvgIpc) is 2.50. The molecule has 0 aromatic heterocycles. The molecule has 1 rings (SSSR count). The molecule has 0 aliphatic carbocycles. The fourth-order valence-corrected chi connectivity index (χ4v) is 4.67. The van der Waals surface area contributed by atoms with Crippen LogP contribution in [0.4, 0.5) is 0 Å². The third-order valence-corrected chi connectivity index (χ3v) is 6.45. The third-order valence-electron chi connectivity index (χ3n) is 4.67. The van der Waals surface area contributed by atoms with Crippen molar-refractivity contribution < 1.29 is 9.00 Å². The Morgan fingerprint density at radius 3 is 2.52 bits per heavy atom. The van der Waals surface area contributed by atoms with Crippen LogP contribution < -0.4 is 5.32 Å². The summed E-state index contributed by atoms with van der Waals surface area (Å²) in [6.07, 6.45) is 4.03. The van der Waals surface area contributed by atoms with E-state index in [1.807, 2.05) is 18.4 Å². The Bertz CT molecular complexity index is 403. The lowest BCUT2D eigenvalue weighted by Crippen LogP contribution is -2.54. The Kier molecular flexibility index (Phi) is 8.72. The van der Waals surface area contributed by atoms with E-state index in [1.54, 1.807) is 0 Å². The first kappa shape index (κ1) is 20.6. The maximum absolute atomic E-state index is 12.9. The molecule has 0 bridgehead atoms. The average molecular weight is 346 g/mol. The van der Waals surface area contributed by atoms with Crippen molar-refractivity contribution in [1.29, 1.82) is 0 Å². The molecule has 1 N–H and O–H groups in total. The predicted molar refractivity (Wildman–Crippen MR) is 97.3 cm³/mol. The van der Waals surface area contributed by atoms with Crippen molar-refractivity contribution in [2.45, 2.75) is 64.8 Å². The standard InChI is InChI=1S/C17H35N3O2S/c1-7-14(4)17(23(22)20(6)12-13(2)3)18-16(21)15-10-8-9-11-19(15)5/h13-15,17H,7-12H2,1-6H3,(H,18,21)/t14-,15+,17+,23?/m0/s1. The summed E-state index contributed by atoms with van der Waals surface area (Å²) >= 11 is 0. The Balaban J connectivity index is 2.77. The van der Waals surface area contributed by atoms with Gasteiger partial charge in [0.25, 0.3) is 0 Å². The topological polar surface area (TPSA) is 52.7 Å². The smallest absolute Gasteiger partial charge is 0.238 e. The van der Waals surface area contributed by atoms with Crippen LogP contribution in [-0.2, 0) is 15.8 Å². The quantitative estimate of drug-likeness (QED) is 0.734. The van der Waals surface area contributed by atoms with E-state index in [-0.39, 0.29) is 23.2 Å². The minimum atomic E-state index is -1.21. The molecule has 1 aliphatic heterocycles. The van der Waals surface area contributed by atoms with Gasteiger partial charge < -0.3 is 5.32 Å². The predicted octanol–water partition coefficient (Wildman–Crippen LogP) is 2.21. The maximum Gasteiger partial charge on any atom is 0.238 e. The summed E-state index contributed by atoms with van der Waals surface area (Å²) in [6.45, 7) is 10.1. The number of rotatable bonds is 8. The summed E-state index contributed by atoms with van der Waals surface area (Å²) in [7, 11) is 2.68. The number of likely N-dealkylation sites (tertiary alicyclic amines) is 1. The molecule has 6 heteroatoms. The second-order valence-corrected chi connectivity index (χ2v) is 8.97. The minimum Gasteiger partial charge on any atom is -0.339 e. The molecule has 1 unspecified atom stereocenters. The van der Waals surface area contributed by atoms with E-state index in [0.717, 1.165) is 38.8 Å². The molecule has 1 aliphatic rings. The first-order valence-electron chi connectivity index (χ1n) is 8.90.